The Morgan fingerprint density at radius 3 is 2.88 bits per heavy atom. The van der Waals surface area contributed by atoms with Crippen molar-refractivity contribution in [1.29, 1.82) is 0 Å². The summed E-state index contributed by atoms with van der Waals surface area (Å²) in [7, 11) is 0. The maximum absolute atomic E-state index is 9.44. The maximum Gasteiger partial charge on any atom is 0.266 e. The minimum absolute atomic E-state index is 0.0210. The second kappa shape index (κ2) is 4.59. The van der Waals surface area contributed by atoms with E-state index >= 15 is 0 Å². The number of rotatable bonds is 2. The molecular weight excluding hydrogens is 224 g/mol. The van der Waals surface area contributed by atoms with Crippen LogP contribution in [0.1, 0.15) is 18.4 Å². The predicted molar refractivity (Wildman–Crippen MR) is 58.7 cm³/mol. The van der Waals surface area contributed by atoms with Crippen LogP contribution in [0.2, 0.25) is 0 Å². The van der Waals surface area contributed by atoms with Crippen molar-refractivity contribution in [3.63, 3.8) is 0 Å². The molecule has 0 amide bonds. The Morgan fingerprint density at radius 1 is 1.35 bits per heavy atom. The number of anilines is 1. The quantitative estimate of drug-likeness (QED) is 0.707. The zero-order valence-electron chi connectivity index (χ0n) is 9.50. The average Bonchev–Trinajstić information content (AvgIpc) is 2.98. The molecule has 0 bridgehead atoms. The zero-order valence-corrected chi connectivity index (χ0v) is 9.50. The summed E-state index contributed by atoms with van der Waals surface area (Å²) in [6.45, 7) is 3.56. The molecule has 1 aromatic heterocycles. The highest BCUT2D eigenvalue weighted by Gasteiger charge is 2.29. The van der Waals surface area contributed by atoms with Gasteiger partial charge in [-0.1, -0.05) is 0 Å². The van der Waals surface area contributed by atoms with Crippen molar-refractivity contribution in [3.8, 4) is 0 Å². The van der Waals surface area contributed by atoms with Crippen molar-refractivity contribution in [2.24, 2.45) is 0 Å². The zero-order chi connectivity index (χ0) is 11.7. The van der Waals surface area contributed by atoms with Gasteiger partial charge in [-0.3, -0.25) is 0 Å². The Hall–Kier alpha value is -1.18. The van der Waals surface area contributed by atoms with Crippen LogP contribution < -0.4 is 10.2 Å². The molecule has 2 N–H and O–H groups in total. The van der Waals surface area contributed by atoms with Crippen LogP contribution in [0.5, 0.6) is 0 Å². The van der Waals surface area contributed by atoms with Crippen molar-refractivity contribution in [2.45, 2.75) is 18.6 Å². The largest absolute Gasteiger partial charge is 0.392 e. The fourth-order valence-electron chi connectivity index (χ4n) is 2.17. The lowest BCUT2D eigenvalue weighted by Gasteiger charge is -2.24. The summed E-state index contributed by atoms with van der Waals surface area (Å²) < 4.78 is 10.5. The van der Waals surface area contributed by atoms with Crippen LogP contribution in [0, 0.1) is 0 Å². The van der Waals surface area contributed by atoms with E-state index in [2.05, 4.69) is 15.5 Å². The molecule has 0 unspecified atom stereocenters. The van der Waals surface area contributed by atoms with Crippen molar-refractivity contribution in [1.82, 2.24) is 15.5 Å². The average molecular weight is 240 g/mol. The first-order valence-corrected chi connectivity index (χ1v) is 5.90. The van der Waals surface area contributed by atoms with Gasteiger partial charge in [0.25, 0.3) is 5.95 Å². The number of morpholine rings is 1. The van der Waals surface area contributed by atoms with Gasteiger partial charge in [0.1, 0.15) is 0 Å². The number of aromatic nitrogens is 2. The SMILES string of the molecule is O[C@@H]1CN[C@H](c2nc(N3CCOCC3)no2)C1. The number of hydrogen-bond donors (Lipinski definition) is 2. The topological polar surface area (TPSA) is 83.7 Å². The number of aliphatic hydroxyl groups excluding tert-OH is 1. The van der Waals surface area contributed by atoms with Gasteiger partial charge in [0.2, 0.25) is 5.89 Å². The molecule has 2 saturated heterocycles. The molecule has 2 atom stereocenters. The van der Waals surface area contributed by atoms with E-state index in [1.165, 1.54) is 0 Å². The summed E-state index contributed by atoms with van der Waals surface area (Å²) in [5.41, 5.74) is 0. The van der Waals surface area contributed by atoms with E-state index < -0.39 is 0 Å². The minimum Gasteiger partial charge on any atom is -0.392 e. The highest BCUT2D eigenvalue weighted by atomic mass is 16.5. The van der Waals surface area contributed by atoms with Gasteiger partial charge < -0.3 is 24.6 Å². The summed E-state index contributed by atoms with van der Waals surface area (Å²) in [5, 5.41) is 16.6. The lowest BCUT2D eigenvalue weighted by molar-refractivity contribution is 0.121. The Kier molecular flexibility index (Phi) is 2.96. The van der Waals surface area contributed by atoms with Crippen molar-refractivity contribution in [2.75, 3.05) is 37.7 Å². The van der Waals surface area contributed by atoms with Crippen molar-refractivity contribution >= 4 is 5.95 Å². The summed E-state index contributed by atoms with van der Waals surface area (Å²) in [4.78, 5) is 6.41. The van der Waals surface area contributed by atoms with E-state index in [4.69, 9.17) is 9.26 Å². The third-order valence-corrected chi connectivity index (χ3v) is 3.13. The number of hydrogen-bond acceptors (Lipinski definition) is 7. The monoisotopic (exact) mass is 240 g/mol. The first-order valence-electron chi connectivity index (χ1n) is 5.90. The molecule has 3 heterocycles. The molecule has 17 heavy (non-hydrogen) atoms. The molecule has 2 aliphatic heterocycles. The molecule has 0 aliphatic carbocycles. The van der Waals surface area contributed by atoms with E-state index in [9.17, 15) is 5.11 Å². The Morgan fingerprint density at radius 2 is 2.18 bits per heavy atom. The molecule has 0 spiro atoms. The molecule has 2 aliphatic rings. The number of β-amino-alcohol motifs (C(OH)–C–C–N with tert-alkyl or cyclic N) is 1. The van der Waals surface area contributed by atoms with E-state index in [0.717, 1.165) is 13.1 Å². The van der Waals surface area contributed by atoms with Crippen LogP contribution in [0.4, 0.5) is 5.95 Å². The summed E-state index contributed by atoms with van der Waals surface area (Å²) >= 11 is 0. The molecule has 2 fully saturated rings. The summed E-state index contributed by atoms with van der Waals surface area (Å²) in [6.07, 6.45) is 0.309. The molecule has 7 nitrogen and oxygen atoms in total. The molecule has 3 rings (SSSR count). The lowest BCUT2D eigenvalue weighted by Crippen LogP contribution is -2.36. The van der Waals surface area contributed by atoms with E-state index in [1.54, 1.807) is 0 Å². The third-order valence-electron chi connectivity index (χ3n) is 3.13. The lowest BCUT2D eigenvalue weighted by atomic mass is 10.2. The smallest absolute Gasteiger partial charge is 0.266 e. The predicted octanol–water partition coefficient (Wildman–Crippen LogP) is -0.698. The maximum atomic E-state index is 9.44. The first-order chi connectivity index (χ1) is 8.33. The molecule has 0 radical (unpaired) electrons. The van der Waals surface area contributed by atoms with Gasteiger partial charge in [-0.05, 0) is 11.6 Å². The van der Waals surface area contributed by atoms with E-state index in [1.807, 2.05) is 4.90 Å². The van der Waals surface area contributed by atoms with Crippen LogP contribution in [0.25, 0.3) is 0 Å². The van der Waals surface area contributed by atoms with Crippen LogP contribution in [-0.2, 0) is 4.74 Å². The van der Waals surface area contributed by atoms with E-state index in [0.29, 0.717) is 38.0 Å². The van der Waals surface area contributed by atoms with Crippen molar-refractivity contribution < 1.29 is 14.4 Å². The molecule has 94 valence electrons. The second-order valence-electron chi connectivity index (χ2n) is 4.38. The fraction of sp³-hybridized carbons (Fsp3) is 0.800. The van der Waals surface area contributed by atoms with Gasteiger partial charge in [-0.15, -0.1) is 0 Å². The van der Waals surface area contributed by atoms with Gasteiger partial charge in [-0.2, -0.15) is 4.98 Å². The normalized spacial score (nSPS) is 29.8. The number of ether oxygens (including phenoxy) is 1. The Balaban J connectivity index is 1.69. The van der Waals surface area contributed by atoms with Gasteiger partial charge in [0.15, 0.2) is 0 Å². The first kappa shape index (κ1) is 10.9. The second-order valence-corrected chi connectivity index (χ2v) is 4.38. The summed E-state index contributed by atoms with van der Waals surface area (Å²) in [5.74, 6) is 1.18. The minimum atomic E-state index is -0.321. The fourth-order valence-corrected chi connectivity index (χ4v) is 2.17. The van der Waals surface area contributed by atoms with Gasteiger partial charge in [-0.25, -0.2) is 0 Å². The van der Waals surface area contributed by atoms with Gasteiger partial charge in [0, 0.05) is 19.6 Å². The van der Waals surface area contributed by atoms with Crippen molar-refractivity contribution in [3.05, 3.63) is 5.89 Å². The highest BCUT2D eigenvalue weighted by molar-refractivity contribution is 5.28. The Bertz CT molecular complexity index is 358. The number of nitrogens with one attached hydrogen (secondary N) is 1. The third kappa shape index (κ3) is 2.26. The Labute approximate surface area is 98.7 Å². The van der Waals surface area contributed by atoms with E-state index in [-0.39, 0.29) is 12.1 Å². The molecule has 0 aromatic carbocycles. The standard InChI is InChI=1S/C10H16N4O3/c15-7-5-8(11-6-7)9-12-10(13-17-9)14-1-3-16-4-2-14/h7-8,11,15H,1-6H2/t7-,8-/m0/s1. The molecule has 0 saturated carbocycles. The van der Waals surface area contributed by atoms with Gasteiger partial charge in [0.05, 0.1) is 25.4 Å². The van der Waals surface area contributed by atoms with Crippen LogP contribution in [0.15, 0.2) is 4.52 Å². The van der Waals surface area contributed by atoms with Crippen LogP contribution >= 0.6 is 0 Å². The van der Waals surface area contributed by atoms with Crippen LogP contribution in [-0.4, -0.2) is 54.2 Å². The molecule has 7 heteroatoms. The summed E-state index contributed by atoms with van der Waals surface area (Å²) in [6, 6.07) is -0.0210. The van der Waals surface area contributed by atoms with Gasteiger partial charge >= 0.3 is 0 Å². The van der Waals surface area contributed by atoms with Crippen LogP contribution in [0.3, 0.4) is 0 Å². The number of nitrogens with zero attached hydrogens (tertiary/aromatic N) is 3. The highest BCUT2D eigenvalue weighted by Crippen LogP contribution is 2.23. The molecule has 1 aromatic rings. The number of aliphatic hydroxyl groups is 1. The molecular formula is C10H16N4O3.